The number of carbonyl (C=O) groups excluding carboxylic acids is 2. The van der Waals surface area contributed by atoms with Crippen molar-refractivity contribution in [3.05, 3.63) is 71.6 Å². The second-order valence-corrected chi connectivity index (χ2v) is 10.4. The van der Waals surface area contributed by atoms with Gasteiger partial charge in [-0.15, -0.1) is 0 Å². The maximum atomic E-state index is 12.7. The molecule has 0 saturated heterocycles. The van der Waals surface area contributed by atoms with Crippen molar-refractivity contribution in [1.82, 2.24) is 15.5 Å². The number of rotatable bonds is 18. The number of hydrogen-bond acceptors (Lipinski definition) is 6. The van der Waals surface area contributed by atoms with Crippen molar-refractivity contribution in [2.75, 3.05) is 33.9 Å². The third-order valence-corrected chi connectivity index (χ3v) is 5.68. The zero-order chi connectivity index (χ0) is 35.8. The minimum atomic E-state index is -0.236. The number of hydrogen-bond donors (Lipinski definition) is 2. The summed E-state index contributed by atoms with van der Waals surface area (Å²) in [5.41, 5.74) is 3.06. The fourth-order valence-corrected chi connectivity index (χ4v) is 3.49. The number of unbranched alkanes of at least 4 members (excludes halogenated alkanes) is 2. The highest BCUT2D eigenvalue weighted by molar-refractivity contribution is 5.94. The number of ether oxygens (including phenoxy) is 2. The quantitative estimate of drug-likeness (QED) is 0.0549. The van der Waals surface area contributed by atoms with E-state index in [0.29, 0.717) is 36.6 Å². The molecule has 8 nitrogen and oxygen atoms in total. The van der Waals surface area contributed by atoms with Gasteiger partial charge >= 0.3 is 0 Å². The van der Waals surface area contributed by atoms with E-state index in [9.17, 15) is 9.59 Å². The average Bonchev–Trinajstić information content (AvgIpc) is 3.03. The van der Waals surface area contributed by atoms with Gasteiger partial charge in [-0.2, -0.15) is 0 Å². The first-order chi connectivity index (χ1) is 22.0. The lowest BCUT2D eigenvalue weighted by molar-refractivity contribution is -0.126. The van der Waals surface area contributed by atoms with Crippen LogP contribution in [0.4, 0.5) is 0 Å². The zero-order valence-electron chi connectivity index (χ0n) is 31.2. The normalized spacial score (nSPS) is 10.6. The number of likely N-dealkylation sites (N-methyl/N-ethyl adjacent to an activating group) is 1. The standard InChI is InChI=1S/C19H27N3O4.C10H16.C7H17N.C2H6/c1-7-26-17-9-15(8-16(10-17)25-6)11-22(5)19(24)14(4)18(20-12-23)21-13(2)3;1-4-5-6-7-8-9-10(2)3;1-3-5-7-8-6-4-2;1-2/h8-10,12H,7,11H2,1-6H3,(H,20,23);6-9H,2,4-5H2,1,3H3;8H,3-7H2,1-2H3;1-2H3/b18-14+;7-6-,9-8-;;. The maximum absolute atomic E-state index is 12.7. The molecule has 0 heterocycles. The van der Waals surface area contributed by atoms with Crippen molar-refractivity contribution in [1.29, 1.82) is 0 Å². The van der Waals surface area contributed by atoms with Crippen LogP contribution in [0, 0.1) is 0 Å². The predicted octanol–water partition coefficient (Wildman–Crippen LogP) is 8.80. The minimum absolute atomic E-state index is 0.236. The fraction of sp³-hybridized carbons (Fsp3) is 0.553. The van der Waals surface area contributed by atoms with E-state index >= 15 is 0 Å². The molecule has 262 valence electrons. The molecule has 0 radical (unpaired) electrons. The number of carbonyl (C=O) groups is 2. The predicted molar refractivity (Wildman–Crippen MR) is 199 cm³/mol. The van der Waals surface area contributed by atoms with Gasteiger partial charge in [0.2, 0.25) is 6.41 Å². The van der Waals surface area contributed by atoms with Gasteiger partial charge in [-0.1, -0.05) is 83.9 Å². The van der Waals surface area contributed by atoms with Crippen LogP contribution in [0.15, 0.2) is 71.0 Å². The van der Waals surface area contributed by atoms with Gasteiger partial charge < -0.3 is 25.0 Å². The van der Waals surface area contributed by atoms with Crippen LogP contribution < -0.4 is 20.1 Å². The summed E-state index contributed by atoms with van der Waals surface area (Å²) in [6.45, 7) is 26.7. The molecule has 46 heavy (non-hydrogen) atoms. The van der Waals surface area contributed by atoms with Gasteiger partial charge in [0.05, 0.1) is 19.3 Å². The van der Waals surface area contributed by atoms with Crippen LogP contribution in [0.25, 0.3) is 0 Å². The Bertz CT molecular complexity index is 1060. The third kappa shape index (κ3) is 26.7. The highest BCUT2D eigenvalue weighted by Gasteiger charge is 2.16. The average molecular weight is 643 g/mol. The minimum Gasteiger partial charge on any atom is -0.497 e. The SMILES string of the molecule is C=C(C)/C=C\C=C/CCC.CC.CCCCNCCC.CCOc1cc(CN(C)C(=O)/C(C)=C(/N=C(C)C)NC=O)cc(OC)c1. The second-order valence-electron chi connectivity index (χ2n) is 10.4. The number of nitrogens with one attached hydrogen (secondary N) is 2. The van der Waals surface area contributed by atoms with Crippen molar-refractivity contribution in [3.63, 3.8) is 0 Å². The Hall–Kier alpha value is -3.65. The Kier molecular flexibility index (Phi) is 33.3. The van der Waals surface area contributed by atoms with Crippen LogP contribution in [-0.2, 0) is 16.1 Å². The van der Waals surface area contributed by atoms with Gasteiger partial charge in [0, 0.05) is 25.4 Å². The maximum Gasteiger partial charge on any atom is 0.253 e. The van der Waals surface area contributed by atoms with E-state index in [1.54, 1.807) is 45.9 Å². The molecular formula is C38H66N4O4. The molecular weight excluding hydrogens is 576 g/mol. The van der Waals surface area contributed by atoms with Gasteiger partial charge in [-0.25, -0.2) is 4.99 Å². The van der Waals surface area contributed by atoms with Crippen molar-refractivity contribution in [2.24, 2.45) is 4.99 Å². The number of allylic oxidation sites excluding steroid dienone is 5. The van der Waals surface area contributed by atoms with Crippen LogP contribution in [0.3, 0.4) is 0 Å². The Labute approximate surface area is 282 Å². The molecule has 1 aromatic carbocycles. The van der Waals surface area contributed by atoms with Crippen molar-refractivity contribution < 1.29 is 19.1 Å². The van der Waals surface area contributed by atoms with E-state index in [2.05, 4.69) is 55.1 Å². The number of nitrogens with zero attached hydrogens (tertiary/aromatic N) is 2. The van der Waals surface area contributed by atoms with Crippen LogP contribution >= 0.6 is 0 Å². The summed E-state index contributed by atoms with van der Waals surface area (Å²) in [6.07, 6.45) is 15.0. The van der Waals surface area contributed by atoms with Gasteiger partial charge in [0.1, 0.15) is 17.3 Å². The lowest BCUT2D eigenvalue weighted by Crippen LogP contribution is -2.29. The Morgan fingerprint density at radius 1 is 0.957 bits per heavy atom. The summed E-state index contributed by atoms with van der Waals surface area (Å²) >= 11 is 0. The molecule has 1 aromatic rings. The first-order valence-electron chi connectivity index (χ1n) is 16.7. The first kappa shape index (κ1) is 46.8. The van der Waals surface area contributed by atoms with Crippen molar-refractivity contribution >= 4 is 18.0 Å². The molecule has 8 heteroatoms. The molecule has 0 aromatic heterocycles. The summed E-state index contributed by atoms with van der Waals surface area (Å²) in [5.74, 6) is 1.36. The fourth-order valence-electron chi connectivity index (χ4n) is 3.49. The van der Waals surface area contributed by atoms with Crippen molar-refractivity contribution in [2.45, 2.75) is 108 Å². The Morgan fingerprint density at radius 3 is 2.11 bits per heavy atom. The first-order valence-corrected chi connectivity index (χ1v) is 16.7. The lowest BCUT2D eigenvalue weighted by Gasteiger charge is -2.19. The van der Waals surface area contributed by atoms with E-state index < -0.39 is 0 Å². The van der Waals surface area contributed by atoms with Gasteiger partial charge in [0.15, 0.2) is 0 Å². The van der Waals surface area contributed by atoms with E-state index in [1.807, 2.05) is 52.0 Å². The monoisotopic (exact) mass is 643 g/mol. The molecule has 0 aliphatic heterocycles. The molecule has 1 rings (SSSR count). The van der Waals surface area contributed by atoms with Crippen LogP contribution in [-0.4, -0.2) is 56.8 Å². The molecule has 0 bridgehead atoms. The van der Waals surface area contributed by atoms with Crippen LogP contribution in [0.5, 0.6) is 11.5 Å². The summed E-state index contributed by atoms with van der Waals surface area (Å²) in [4.78, 5) is 29.2. The molecule has 2 N–H and O–H groups in total. The van der Waals surface area contributed by atoms with Gasteiger partial charge in [0.25, 0.3) is 5.91 Å². The largest absolute Gasteiger partial charge is 0.497 e. The molecule has 0 saturated carbocycles. The molecule has 0 atom stereocenters. The van der Waals surface area contributed by atoms with E-state index in [1.165, 1.54) is 45.2 Å². The van der Waals surface area contributed by atoms with Gasteiger partial charge in [-0.05, 0) is 84.7 Å². The summed E-state index contributed by atoms with van der Waals surface area (Å²) in [7, 11) is 3.27. The third-order valence-electron chi connectivity index (χ3n) is 5.68. The zero-order valence-corrected chi connectivity index (χ0v) is 31.2. The number of amides is 2. The topological polar surface area (TPSA) is 92.3 Å². The summed E-state index contributed by atoms with van der Waals surface area (Å²) in [5, 5.41) is 5.82. The molecule has 0 aliphatic rings. The van der Waals surface area contributed by atoms with E-state index in [-0.39, 0.29) is 11.7 Å². The smallest absolute Gasteiger partial charge is 0.253 e. The molecule has 0 unspecified atom stereocenters. The van der Waals surface area contributed by atoms with Gasteiger partial charge in [-0.3, -0.25) is 9.59 Å². The van der Waals surface area contributed by atoms with Crippen LogP contribution in [0.1, 0.15) is 107 Å². The number of methoxy groups -OCH3 is 1. The highest BCUT2D eigenvalue weighted by Crippen LogP contribution is 2.24. The molecule has 0 fully saturated rings. The second kappa shape index (κ2) is 32.7. The molecule has 0 spiro atoms. The molecule has 0 aliphatic carbocycles. The van der Waals surface area contributed by atoms with E-state index in [4.69, 9.17) is 9.47 Å². The van der Waals surface area contributed by atoms with Crippen LogP contribution in [0.2, 0.25) is 0 Å². The number of aliphatic imine (C=N–C) groups is 1. The lowest BCUT2D eigenvalue weighted by atomic mass is 10.1. The summed E-state index contributed by atoms with van der Waals surface area (Å²) < 4.78 is 10.8. The summed E-state index contributed by atoms with van der Waals surface area (Å²) in [6, 6.07) is 5.52. The Morgan fingerprint density at radius 2 is 1.61 bits per heavy atom. The highest BCUT2D eigenvalue weighted by atomic mass is 16.5. The Balaban J connectivity index is -0.000000755. The van der Waals surface area contributed by atoms with E-state index in [0.717, 1.165) is 16.8 Å². The van der Waals surface area contributed by atoms with Crippen molar-refractivity contribution in [3.8, 4) is 11.5 Å². The molecule has 2 amide bonds. The number of benzene rings is 1.